The third-order valence-corrected chi connectivity index (χ3v) is 6.98. The van der Waals surface area contributed by atoms with E-state index in [9.17, 15) is 14.7 Å². The summed E-state index contributed by atoms with van der Waals surface area (Å²) in [6, 6.07) is 13.2. The van der Waals surface area contributed by atoms with Gasteiger partial charge in [-0.15, -0.1) is 11.3 Å². The van der Waals surface area contributed by atoms with Crippen LogP contribution in [-0.4, -0.2) is 56.7 Å². The van der Waals surface area contributed by atoms with Crippen molar-refractivity contribution in [3.8, 4) is 23.0 Å². The third-order valence-electron chi connectivity index (χ3n) is 6.11. The van der Waals surface area contributed by atoms with Gasteiger partial charge in [-0.25, -0.2) is 0 Å². The van der Waals surface area contributed by atoms with Gasteiger partial charge in [-0.1, -0.05) is 12.1 Å². The highest BCUT2D eigenvalue weighted by atomic mass is 32.1. The first-order valence-electron chi connectivity index (χ1n) is 11.2. The predicted octanol–water partition coefficient (Wildman–Crippen LogP) is 4.60. The standard InChI is InChI=1S/C27H27NO7S/c1-32-17-8-10-19(33-2)18(15-17)24-23(25(29)22-6-5-13-36-22)26(30)27(31)28(24)12-11-16-7-9-20(34-3)21(14-16)35-4/h5-10,13-15,24,30H,11-12H2,1-4H3/t24-/m0/s1. The molecule has 3 aromatic rings. The number of methoxy groups -OCH3 is 4. The molecule has 9 heteroatoms. The Morgan fingerprint density at radius 1 is 0.944 bits per heavy atom. The van der Waals surface area contributed by atoms with Gasteiger partial charge in [0.05, 0.1) is 44.9 Å². The molecule has 0 fully saturated rings. The molecule has 2 aromatic carbocycles. The van der Waals surface area contributed by atoms with Gasteiger partial charge in [-0.05, 0) is 53.8 Å². The smallest absolute Gasteiger partial charge is 0.290 e. The number of ketones is 1. The van der Waals surface area contributed by atoms with Crippen molar-refractivity contribution in [2.24, 2.45) is 0 Å². The maximum absolute atomic E-state index is 13.5. The summed E-state index contributed by atoms with van der Waals surface area (Å²) in [4.78, 5) is 28.7. The third kappa shape index (κ3) is 4.61. The van der Waals surface area contributed by atoms with E-state index in [4.69, 9.17) is 18.9 Å². The molecule has 0 bridgehead atoms. The minimum absolute atomic E-state index is 0.0151. The lowest BCUT2D eigenvalue weighted by molar-refractivity contribution is -0.129. The van der Waals surface area contributed by atoms with Gasteiger partial charge in [0.25, 0.3) is 5.91 Å². The van der Waals surface area contributed by atoms with Crippen molar-refractivity contribution in [2.75, 3.05) is 35.0 Å². The molecular formula is C27H27NO7S. The Morgan fingerprint density at radius 2 is 1.67 bits per heavy atom. The molecule has 0 saturated heterocycles. The monoisotopic (exact) mass is 509 g/mol. The number of amides is 1. The fourth-order valence-corrected chi connectivity index (χ4v) is 5.00. The summed E-state index contributed by atoms with van der Waals surface area (Å²) in [5.41, 5.74) is 1.46. The molecule has 1 amide bonds. The van der Waals surface area contributed by atoms with Crippen LogP contribution in [0.25, 0.3) is 0 Å². The molecule has 0 spiro atoms. The lowest BCUT2D eigenvalue weighted by atomic mass is 9.94. The van der Waals surface area contributed by atoms with Crippen LogP contribution in [0.5, 0.6) is 23.0 Å². The van der Waals surface area contributed by atoms with E-state index in [1.54, 1.807) is 56.0 Å². The van der Waals surface area contributed by atoms with Gasteiger partial charge in [0.1, 0.15) is 11.5 Å². The number of nitrogens with zero attached hydrogens (tertiary/aromatic N) is 1. The SMILES string of the molecule is COc1ccc(OC)c([C@H]2C(C(=O)c3cccs3)=C(O)C(=O)N2CCc2ccc(OC)c(OC)c2)c1. The first-order valence-corrected chi connectivity index (χ1v) is 12.1. The van der Waals surface area contributed by atoms with E-state index in [2.05, 4.69) is 0 Å². The lowest BCUT2D eigenvalue weighted by Crippen LogP contribution is -2.33. The number of carbonyl (C=O) groups excluding carboxylic acids is 2. The second-order valence-corrected chi connectivity index (χ2v) is 8.96. The molecule has 1 aromatic heterocycles. The molecule has 0 unspecified atom stereocenters. The summed E-state index contributed by atoms with van der Waals surface area (Å²) in [5.74, 6) is 0.590. The molecule has 188 valence electrons. The Balaban J connectivity index is 1.76. The Kier molecular flexibility index (Phi) is 7.49. The van der Waals surface area contributed by atoms with Crippen LogP contribution in [-0.2, 0) is 11.2 Å². The van der Waals surface area contributed by atoms with E-state index < -0.39 is 23.5 Å². The molecular weight excluding hydrogens is 482 g/mol. The normalized spacial score (nSPS) is 15.3. The molecule has 36 heavy (non-hydrogen) atoms. The van der Waals surface area contributed by atoms with E-state index in [0.717, 1.165) is 5.56 Å². The number of carbonyl (C=O) groups is 2. The molecule has 4 rings (SSSR count). The fourth-order valence-electron chi connectivity index (χ4n) is 4.32. The van der Waals surface area contributed by atoms with E-state index in [1.165, 1.54) is 30.5 Å². The van der Waals surface area contributed by atoms with Gasteiger partial charge >= 0.3 is 0 Å². The van der Waals surface area contributed by atoms with Gasteiger partial charge in [-0.2, -0.15) is 0 Å². The number of aliphatic hydroxyl groups is 1. The van der Waals surface area contributed by atoms with Crippen LogP contribution in [0.3, 0.4) is 0 Å². The molecule has 1 atom stereocenters. The summed E-state index contributed by atoms with van der Waals surface area (Å²) in [5, 5.41) is 12.7. The molecule has 1 aliphatic heterocycles. The van der Waals surface area contributed by atoms with E-state index in [-0.39, 0.29) is 12.1 Å². The van der Waals surface area contributed by atoms with Gasteiger partial charge in [0.2, 0.25) is 5.78 Å². The number of thiophene rings is 1. The van der Waals surface area contributed by atoms with Crippen LogP contribution < -0.4 is 18.9 Å². The molecule has 1 N–H and O–H groups in total. The number of aliphatic hydroxyl groups excluding tert-OH is 1. The van der Waals surface area contributed by atoms with Crippen molar-refractivity contribution < 1.29 is 33.6 Å². The summed E-state index contributed by atoms with van der Waals surface area (Å²) in [6.07, 6.45) is 0.447. The predicted molar refractivity (Wildman–Crippen MR) is 136 cm³/mol. The van der Waals surface area contributed by atoms with Crippen LogP contribution >= 0.6 is 11.3 Å². The number of hydrogen-bond donors (Lipinski definition) is 1. The van der Waals surface area contributed by atoms with Crippen LogP contribution in [0.1, 0.15) is 26.8 Å². The highest BCUT2D eigenvalue weighted by Gasteiger charge is 2.45. The Bertz CT molecular complexity index is 1300. The highest BCUT2D eigenvalue weighted by Crippen LogP contribution is 2.44. The first-order chi connectivity index (χ1) is 17.4. The van der Waals surface area contributed by atoms with Crippen molar-refractivity contribution in [3.05, 3.63) is 81.2 Å². The number of Topliss-reactive ketones (excluding diaryl/α,β-unsaturated/α-hetero) is 1. The minimum atomic E-state index is -0.864. The fraction of sp³-hybridized carbons (Fsp3) is 0.259. The lowest BCUT2D eigenvalue weighted by Gasteiger charge is -2.28. The van der Waals surface area contributed by atoms with Gasteiger partial charge in [0, 0.05) is 12.1 Å². The number of hydrogen-bond acceptors (Lipinski definition) is 8. The van der Waals surface area contributed by atoms with Crippen LogP contribution in [0.4, 0.5) is 0 Å². The summed E-state index contributed by atoms with van der Waals surface area (Å²) in [7, 11) is 6.17. The highest BCUT2D eigenvalue weighted by molar-refractivity contribution is 7.12. The quantitative estimate of drug-likeness (QED) is 0.399. The zero-order valence-electron chi connectivity index (χ0n) is 20.4. The second-order valence-electron chi connectivity index (χ2n) is 8.02. The van der Waals surface area contributed by atoms with Crippen LogP contribution in [0.2, 0.25) is 0 Å². The maximum atomic E-state index is 13.5. The van der Waals surface area contributed by atoms with Gasteiger partial charge in [-0.3, -0.25) is 9.59 Å². The molecule has 2 heterocycles. The Hall–Kier alpha value is -3.98. The molecule has 0 radical (unpaired) electrons. The summed E-state index contributed by atoms with van der Waals surface area (Å²) >= 11 is 1.25. The first kappa shape index (κ1) is 25.1. The largest absolute Gasteiger partial charge is 0.503 e. The minimum Gasteiger partial charge on any atom is -0.503 e. The van der Waals surface area contributed by atoms with Crippen molar-refractivity contribution in [1.82, 2.24) is 4.90 Å². The number of ether oxygens (including phenoxy) is 4. The van der Waals surface area contributed by atoms with E-state index in [1.807, 2.05) is 12.1 Å². The molecule has 0 aliphatic carbocycles. The Labute approximate surface area is 213 Å². The number of benzene rings is 2. The average molecular weight is 510 g/mol. The maximum Gasteiger partial charge on any atom is 0.290 e. The van der Waals surface area contributed by atoms with Gasteiger partial charge in [0.15, 0.2) is 17.3 Å². The van der Waals surface area contributed by atoms with Crippen LogP contribution in [0.15, 0.2) is 65.2 Å². The van der Waals surface area contributed by atoms with Crippen molar-refractivity contribution in [1.29, 1.82) is 0 Å². The number of rotatable bonds is 10. The Morgan fingerprint density at radius 3 is 2.31 bits per heavy atom. The van der Waals surface area contributed by atoms with Crippen molar-refractivity contribution in [3.63, 3.8) is 0 Å². The molecule has 8 nitrogen and oxygen atoms in total. The van der Waals surface area contributed by atoms with Gasteiger partial charge < -0.3 is 29.0 Å². The zero-order chi connectivity index (χ0) is 25.8. The van der Waals surface area contributed by atoms with Crippen molar-refractivity contribution >= 4 is 23.0 Å². The topological polar surface area (TPSA) is 94.5 Å². The van der Waals surface area contributed by atoms with Crippen molar-refractivity contribution in [2.45, 2.75) is 12.5 Å². The zero-order valence-corrected chi connectivity index (χ0v) is 21.3. The second kappa shape index (κ2) is 10.7. The summed E-state index contributed by atoms with van der Waals surface area (Å²) < 4.78 is 21.7. The molecule has 0 saturated carbocycles. The summed E-state index contributed by atoms with van der Waals surface area (Å²) in [6.45, 7) is 0.227. The molecule has 1 aliphatic rings. The van der Waals surface area contributed by atoms with Crippen LogP contribution in [0, 0.1) is 0 Å². The average Bonchev–Trinajstić information content (AvgIpc) is 3.54. The van der Waals surface area contributed by atoms with E-state index in [0.29, 0.717) is 39.9 Å². The van der Waals surface area contributed by atoms with E-state index >= 15 is 0 Å².